The Bertz CT molecular complexity index is 608. The Balaban J connectivity index is 2.15. The molecule has 0 fully saturated rings. The summed E-state index contributed by atoms with van der Waals surface area (Å²) in [5.74, 6) is -0.451. The Morgan fingerprint density at radius 3 is 2.57 bits per heavy atom. The molecule has 1 heterocycles. The molecule has 0 radical (unpaired) electrons. The minimum atomic E-state index is -0.451. The van der Waals surface area contributed by atoms with Crippen molar-refractivity contribution in [2.24, 2.45) is 5.73 Å². The van der Waals surface area contributed by atoms with Crippen LogP contribution in [0.3, 0.4) is 0 Å². The van der Waals surface area contributed by atoms with Crippen molar-refractivity contribution >= 4 is 22.9 Å². The Morgan fingerprint density at radius 1 is 1.29 bits per heavy atom. The molecule has 0 aliphatic rings. The molecule has 0 saturated carbocycles. The summed E-state index contributed by atoms with van der Waals surface area (Å²) in [5, 5.41) is 2.09. The first kappa shape index (κ1) is 15.5. The van der Waals surface area contributed by atoms with Gasteiger partial charge in [0.2, 0.25) is 5.91 Å². The first-order valence-corrected chi connectivity index (χ1v) is 7.80. The number of rotatable bonds is 6. The van der Waals surface area contributed by atoms with Crippen LogP contribution in [-0.4, -0.2) is 16.8 Å². The van der Waals surface area contributed by atoms with Gasteiger partial charge in [0.05, 0.1) is 0 Å². The molecule has 0 bridgehead atoms. The molecule has 2 rings (SSSR count). The number of thiophene rings is 1. The van der Waals surface area contributed by atoms with Crippen molar-refractivity contribution in [1.29, 1.82) is 0 Å². The number of hydrogen-bond acceptors (Lipinski definition) is 4. The molecule has 21 heavy (non-hydrogen) atoms. The smallest absolute Gasteiger partial charge is 0.248 e. The van der Waals surface area contributed by atoms with Gasteiger partial charge in [-0.1, -0.05) is 12.1 Å². The van der Waals surface area contributed by atoms with Gasteiger partial charge in [0.1, 0.15) is 0 Å². The molecule has 0 atom stereocenters. The van der Waals surface area contributed by atoms with Crippen molar-refractivity contribution in [3.05, 3.63) is 51.7 Å². The summed E-state index contributed by atoms with van der Waals surface area (Å²) in [4.78, 5) is 14.8. The molecule has 112 valence electrons. The zero-order chi connectivity index (χ0) is 15.4. The monoisotopic (exact) mass is 303 g/mol. The predicted molar refractivity (Wildman–Crippen MR) is 88.1 cm³/mol. The second-order valence-electron chi connectivity index (χ2n) is 5.36. The molecule has 0 aliphatic heterocycles. The number of nitrogen functional groups attached to an aromatic ring is 1. The Hall–Kier alpha value is -1.85. The number of anilines is 1. The van der Waals surface area contributed by atoms with E-state index in [0.717, 1.165) is 18.7 Å². The molecule has 1 aromatic heterocycles. The van der Waals surface area contributed by atoms with Crippen LogP contribution in [0, 0.1) is 0 Å². The van der Waals surface area contributed by atoms with Gasteiger partial charge in [-0.25, -0.2) is 0 Å². The summed E-state index contributed by atoms with van der Waals surface area (Å²) in [6.45, 7) is 5.98. The highest BCUT2D eigenvalue weighted by Crippen LogP contribution is 2.20. The van der Waals surface area contributed by atoms with E-state index in [4.69, 9.17) is 11.5 Å². The number of benzene rings is 1. The summed E-state index contributed by atoms with van der Waals surface area (Å²) in [7, 11) is 0. The van der Waals surface area contributed by atoms with Crippen LogP contribution >= 0.6 is 11.3 Å². The minimum Gasteiger partial charge on any atom is -0.398 e. The van der Waals surface area contributed by atoms with Crippen LogP contribution in [-0.2, 0) is 13.1 Å². The number of hydrogen-bond donors (Lipinski definition) is 2. The van der Waals surface area contributed by atoms with Gasteiger partial charge in [-0.2, -0.15) is 0 Å². The van der Waals surface area contributed by atoms with Gasteiger partial charge in [-0.05, 0) is 43.0 Å². The molecule has 4 N–H and O–H groups in total. The zero-order valence-corrected chi connectivity index (χ0v) is 13.2. The summed E-state index contributed by atoms with van der Waals surface area (Å²) >= 11 is 1.76. The maximum absolute atomic E-state index is 11.2. The maximum atomic E-state index is 11.2. The molecule has 0 spiro atoms. The maximum Gasteiger partial charge on any atom is 0.248 e. The van der Waals surface area contributed by atoms with Gasteiger partial charge < -0.3 is 11.5 Å². The molecule has 1 amide bonds. The van der Waals surface area contributed by atoms with E-state index < -0.39 is 5.91 Å². The Morgan fingerprint density at radius 2 is 2.05 bits per heavy atom. The number of nitrogens with two attached hydrogens (primary N) is 2. The van der Waals surface area contributed by atoms with E-state index in [-0.39, 0.29) is 0 Å². The number of primary amides is 1. The molecule has 5 heteroatoms. The molecule has 2 aromatic rings. The second kappa shape index (κ2) is 6.74. The van der Waals surface area contributed by atoms with E-state index >= 15 is 0 Å². The van der Waals surface area contributed by atoms with Crippen molar-refractivity contribution in [3.8, 4) is 0 Å². The van der Waals surface area contributed by atoms with E-state index in [1.165, 1.54) is 4.88 Å². The lowest BCUT2D eigenvalue weighted by Gasteiger charge is -2.26. The predicted octanol–water partition coefficient (Wildman–Crippen LogP) is 2.84. The normalized spacial score (nSPS) is 11.2. The summed E-state index contributed by atoms with van der Waals surface area (Å²) in [5.41, 5.74) is 13.4. The van der Waals surface area contributed by atoms with Crippen molar-refractivity contribution < 1.29 is 4.79 Å². The number of carbonyl (C=O) groups is 1. The van der Waals surface area contributed by atoms with Crippen molar-refractivity contribution in [2.45, 2.75) is 33.0 Å². The summed E-state index contributed by atoms with van der Waals surface area (Å²) in [6.07, 6.45) is 0. The van der Waals surface area contributed by atoms with Crippen LogP contribution in [0.15, 0.2) is 35.7 Å². The SMILES string of the molecule is CC(C)N(Cc1cccs1)Cc1ccc(C(N)=O)cc1N. The third kappa shape index (κ3) is 4.06. The quantitative estimate of drug-likeness (QED) is 0.806. The molecule has 4 nitrogen and oxygen atoms in total. The fourth-order valence-corrected chi connectivity index (χ4v) is 2.86. The highest BCUT2D eigenvalue weighted by atomic mass is 32.1. The molecule has 0 aliphatic carbocycles. The average molecular weight is 303 g/mol. The van der Waals surface area contributed by atoms with E-state index in [1.54, 1.807) is 23.5 Å². The van der Waals surface area contributed by atoms with Gasteiger partial charge in [-0.3, -0.25) is 9.69 Å². The van der Waals surface area contributed by atoms with Crippen LogP contribution in [0.25, 0.3) is 0 Å². The average Bonchev–Trinajstić information content (AvgIpc) is 2.92. The highest BCUT2D eigenvalue weighted by molar-refractivity contribution is 7.09. The third-order valence-corrected chi connectivity index (χ3v) is 4.33. The standard InChI is InChI=1S/C16H21N3OS/c1-11(2)19(10-14-4-3-7-21-14)9-13-6-5-12(16(18)20)8-15(13)17/h3-8,11H,9-10,17H2,1-2H3,(H2,18,20). The van der Waals surface area contributed by atoms with Crippen molar-refractivity contribution in [1.82, 2.24) is 4.90 Å². The topological polar surface area (TPSA) is 72.3 Å². The number of carbonyl (C=O) groups excluding carboxylic acids is 1. The van der Waals surface area contributed by atoms with Gasteiger partial charge in [0.15, 0.2) is 0 Å². The third-order valence-electron chi connectivity index (χ3n) is 3.47. The Labute approximate surface area is 129 Å². The van der Waals surface area contributed by atoms with Crippen LogP contribution in [0.2, 0.25) is 0 Å². The van der Waals surface area contributed by atoms with Crippen LogP contribution < -0.4 is 11.5 Å². The molecule has 0 saturated heterocycles. The van der Waals surface area contributed by atoms with Gasteiger partial charge >= 0.3 is 0 Å². The summed E-state index contributed by atoms with van der Waals surface area (Å²) in [6, 6.07) is 9.88. The molecule has 0 unspecified atom stereocenters. The van der Waals surface area contributed by atoms with Crippen LogP contribution in [0.1, 0.15) is 34.6 Å². The fraction of sp³-hybridized carbons (Fsp3) is 0.312. The van der Waals surface area contributed by atoms with Gasteiger partial charge in [0, 0.05) is 35.3 Å². The zero-order valence-electron chi connectivity index (χ0n) is 12.4. The Kier molecular flexibility index (Phi) is 4.98. The first-order valence-electron chi connectivity index (χ1n) is 6.92. The highest BCUT2D eigenvalue weighted by Gasteiger charge is 2.14. The van der Waals surface area contributed by atoms with E-state index in [9.17, 15) is 4.79 Å². The lowest BCUT2D eigenvalue weighted by molar-refractivity contribution is 0.100. The molecular weight excluding hydrogens is 282 g/mol. The van der Waals surface area contributed by atoms with Crippen molar-refractivity contribution in [3.63, 3.8) is 0 Å². The molecular formula is C16H21N3OS. The lowest BCUT2D eigenvalue weighted by Crippen LogP contribution is -2.29. The van der Waals surface area contributed by atoms with Crippen molar-refractivity contribution in [2.75, 3.05) is 5.73 Å². The van der Waals surface area contributed by atoms with E-state index in [2.05, 4.69) is 36.3 Å². The molecule has 1 aromatic carbocycles. The first-order chi connectivity index (χ1) is 9.97. The fourth-order valence-electron chi connectivity index (χ4n) is 2.13. The largest absolute Gasteiger partial charge is 0.398 e. The number of amides is 1. The van der Waals surface area contributed by atoms with E-state index in [0.29, 0.717) is 17.3 Å². The van der Waals surface area contributed by atoms with Gasteiger partial charge in [0.25, 0.3) is 0 Å². The number of nitrogens with zero attached hydrogens (tertiary/aromatic N) is 1. The second-order valence-corrected chi connectivity index (χ2v) is 6.39. The van der Waals surface area contributed by atoms with Crippen LogP contribution in [0.5, 0.6) is 0 Å². The summed E-state index contributed by atoms with van der Waals surface area (Å²) < 4.78 is 0. The lowest BCUT2D eigenvalue weighted by atomic mass is 10.1. The van der Waals surface area contributed by atoms with Gasteiger partial charge in [-0.15, -0.1) is 11.3 Å². The minimum absolute atomic E-state index is 0.405. The van der Waals surface area contributed by atoms with E-state index in [1.807, 2.05) is 6.07 Å². The van der Waals surface area contributed by atoms with Crippen LogP contribution in [0.4, 0.5) is 5.69 Å².